The Morgan fingerprint density at radius 2 is 1.76 bits per heavy atom. The molecule has 1 saturated heterocycles. The van der Waals surface area contributed by atoms with Crippen LogP contribution in [-0.4, -0.2) is 61.9 Å². The van der Waals surface area contributed by atoms with Crippen LogP contribution in [0.25, 0.3) is 11.1 Å². The Hall–Kier alpha value is -2.68. The number of carbonyl (C=O) groups is 1. The summed E-state index contributed by atoms with van der Waals surface area (Å²) in [4.78, 5) is 22.5. The third kappa shape index (κ3) is 5.66. The van der Waals surface area contributed by atoms with Gasteiger partial charge in [0.05, 0.1) is 11.5 Å². The highest BCUT2D eigenvalue weighted by Crippen LogP contribution is 2.21. The molecular weight excluding hydrogens is 392 g/mol. The maximum atomic E-state index is 11.7. The smallest absolute Gasteiger partial charge is 0.409 e. The van der Waals surface area contributed by atoms with Crippen molar-refractivity contribution in [2.24, 2.45) is 5.92 Å². The van der Waals surface area contributed by atoms with Gasteiger partial charge in [0, 0.05) is 43.8 Å². The van der Waals surface area contributed by atoms with Crippen molar-refractivity contribution in [1.82, 2.24) is 14.9 Å². The Morgan fingerprint density at radius 1 is 1.14 bits per heavy atom. The van der Waals surface area contributed by atoms with Crippen LogP contribution in [0.2, 0.25) is 0 Å². The summed E-state index contributed by atoms with van der Waals surface area (Å²) in [6.07, 6.45) is 6.21. The minimum Gasteiger partial charge on any atom is -0.450 e. The number of likely N-dealkylation sites (tertiary alicyclic amines) is 1. The summed E-state index contributed by atoms with van der Waals surface area (Å²) in [6, 6.07) is 6.66. The van der Waals surface area contributed by atoms with Gasteiger partial charge < -0.3 is 15.0 Å². The Balaban J connectivity index is 1.51. The fourth-order valence-electron chi connectivity index (χ4n) is 3.23. The Morgan fingerprint density at radius 3 is 2.31 bits per heavy atom. The average molecular weight is 419 g/mol. The molecule has 0 bridgehead atoms. The highest BCUT2D eigenvalue weighted by molar-refractivity contribution is 7.90. The van der Waals surface area contributed by atoms with Crippen LogP contribution in [0.1, 0.15) is 19.8 Å². The van der Waals surface area contributed by atoms with Crippen molar-refractivity contribution in [3.05, 3.63) is 36.7 Å². The molecule has 1 aromatic carbocycles. The zero-order chi connectivity index (χ0) is 20.9. The van der Waals surface area contributed by atoms with E-state index in [0.29, 0.717) is 31.6 Å². The van der Waals surface area contributed by atoms with Gasteiger partial charge in [0.1, 0.15) is 0 Å². The number of hydrogen-bond donors (Lipinski definition) is 1. The number of piperidine rings is 1. The number of rotatable bonds is 6. The Bertz CT molecular complexity index is 922. The molecule has 0 radical (unpaired) electrons. The van der Waals surface area contributed by atoms with Crippen LogP contribution in [0.4, 0.5) is 10.7 Å². The van der Waals surface area contributed by atoms with Crippen LogP contribution in [0, 0.1) is 5.92 Å². The molecule has 1 fully saturated rings. The standard InChI is InChI=1S/C20H26N4O4S/c1-3-28-20(25)24-10-8-15(9-11-24)12-21-19-22-13-17(14-23-19)16-4-6-18(7-5-16)29(2,26)27/h4-7,13-15H,3,8-12H2,1-2H3,(H,21,22,23). The molecule has 9 heteroatoms. The highest BCUT2D eigenvalue weighted by Gasteiger charge is 2.23. The number of hydrogen-bond acceptors (Lipinski definition) is 7. The molecule has 0 unspecified atom stereocenters. The van der Waals surface area contributed by atoms with Crippen molar-refractivity contribution in [3.8, 4) is 11.1 Å². The largest absolute Gasteiger partial charge is 0.450 e. The second-order valence-electron chi connectivity index (χ2n) is 7.10. The number of nitrogens with one attached hydrogen (secondary N) is 1. The number of sulfone groups is 1. The van der Waals surface area contributed by atoms with E-state index in [1.165, 1.54) is 6.26 Å². The third-order valence-corrected chi connectivity index (χ3v) is 6.09. The number of anilines is 1. The van der Waals surface area contributed by atoms with Crippen molar-refractivity contribution >= 4 is 21.9 Å². The summed E-state index contributed by atoms with van der Waals surface area (Å²) >= 11 is 0. The van der Waals surface area contributed by atoms with E-state index in [2.05, 4.69) is 15.3 Å². The van der Waals surface area contributed by atoms with Gasteiger partial charge in [-0.05, 0) is 43.4 Å². The fourth-order valence-corrected chi connectivity index (χ4v) is 3.86. The molecule has 0 aliphatic carbocycles. The van der Waals surface area contributed by atoms with Crippen molar-refractivity contribution in [3.63, 3.8) is 0 Å². The first-order chi connectivity index (χ1) is 13.9. The van der Waals surface area contributed by atoms with Gasteiger partial charge in [0.2, 0.25) is 5.95 Å². The van der Waals surface area contributed by atoms with Gasteiger partial charge in [-0.1, -0.05) is 12.1 Å². The lowest BCUT2D eigenvalue weighted by molar-refractivity contribution is 0.0928. The van der Waals surface area contributed by atoms with Crippen LogP contribution in [0.5, 0.6) is 0 Å². The van der Waals surface area contributed by atoms with E-state index in [9.17, 15) is 13.2 Å². The zero-order valence-corrected chi connectivity index (χ0v) is 17.5. The number of ether oxygens (including phenoxy) is 1. The summed E-state index contributed by atoms with van der Waals surface area (Å²) in [5.41, 5.74) is 1.67. The van der Waals surface area contributed by atoms with Gasteiger partial charge in [-0.25, -0.2) is 23.2 Å². The number of benzene rings is 1. The van der Waals surface area contributed by atoms with Crippen molar-refractivity contribution < 1.29 is 17.9 Å². The molecule has 1 amide bonds. The van der Waals surface area contributed by atoms with Gasteiger partial charge in [-0.3, -0.25) is 0 Å². The van der Waals surface area contributed by atoms with Crippen LogP contribution < -0.4 is 5.32 Å². The average Bonchev–Trinajstić information content (AvgIpc) is 2.73. The predicted octanol–water partition coefficient (Wildman–Crippen LogP) is 2.83. The molecule has 156 valence electrons. The van der Waals surface area contributed by atoms with Gasteiger partial charge >= 0.3 is 6.09 Å². The van der Waals surface area contributed by atoms with E-state index in [-0.39, 0.29) is 11.0 Å². The van der Waals surface area contributed by atoms with E-state index in [1.807, 2.05) is 6.92 Å². The lowest BCUT2D eigenvalue weighted by Gasteiger charge is -2.31. The zero-order valence-electron chi connectivity index (χ0n) is 16.7. The van der Waals surface area contributed by atoms with E-state index < -0.39 is 9.84 Å². The summed E-state index contributed by atoms with van der Waals surface area (Å²) in [5, 5.41) is 3.26. The van der Waals surface area contributed by atoms with E-state index >= 15 is 0 Å². The molecule has 3 rings (SSSR count). The molecule has 0 spiro atoms. The monoisotopic (exact) mass is 418 g/mol. The number of aromatic nitrogens is 2. The second-order valence-corrected chi connectivity index (χ2v) is 9.12. The van der Waals surface area contributed by atoms with Crippen LogP contribution in [0.15, 0.2) is 41.6 Å². The molecule has 1 aliphatic heterocycles. The number of amides is 1. The van der Waals surface area contributed by atoms with Crippen molar-refractivity contribution in [2.75, 3.05) is 37.8 Å². The van der Waals surface area contributed by atoms with Crippen LogP contribution >= 0.6 is 0 Å². The van der Waals surface area contributed by atoms with Gasteiger partial charge in [0.25, 0.3) is 0 Å². The quantitative estimate of drug-likeness (QED) is 0.770. The van der Waals surface area contributed by atoms with E-state index in [4.69, 9.17) is 4.74 Å². The molecule has 1 aliphatic rings. The minimum absolute atomic E-state index is 0.234. The van der Waals surface area contributed by atoms with Crippen LogP contribution in [-0.2, 0) is 14.6 Å². The summed E-state index contributed by atoms with van der Waals surface area (Å²) < 4.78 is 28.1. The molecule has 2 heterocycles. The van der Waals surface area contributed by atoms with E-state index in [1.54, 1.807) is 41.6 Å². The maximum Gasteiger partial charge on any atom is 0.409 e. The topological polar surface area (TPSA) is 101 Å². The van der Waals surface area contributed by atoms with Crippen molar-refractivity contribution in [1.29, 1.82) is 0 Å². The molecule has 0 saturated carbocycles. The first-order valence-electron chi connectivity index (χ1n) is 9.65. The molecule has 0 atom stereocenters. The van der Waals surface area contributed by atoms with Gasteiger partial charge in [-0.15, -0.1) is 0 Å². The molecule has 1 N–H and O–H groups in total. The molecule has 8 nitrogen and oxygen atoms in total. The lowest BCUT2D eigenvalue weighted by atomic mass is 9.97. The summed E-state index contributed by atoms with van der Waals surface area (Å²) in [7, 11) is -3.21. The van der Waals surface area contributed by atoms with Crippen LogP contribution in [0.3, 0.4) is 0 Å². The Kier molecular flexibility index (Phi) is 6.68. The molecule has 2 aromatic rings. The van der Waals surface area contributed by atoms with Gasteiger partial charge in [-0.2, -0.15) is 0 Å². The highest BCUT2D eigenvalue weighted by atomic mass is 32.2. The normalized spacial score (nSPS) is 15.2. The van der Waals surface area contributed by atoms with E-state index in [0.717, 1.165) is 30.5 Å². The number of nitrogens with zero attached hydrogens (tertiary/aromatic N) is 3. The SMILES string of the molecule is CCOC(=O)N1CCC(CNc2ncc(-c3ccc(S(C)(=O)=O)cc3)cn2)CC1. The maximum absolute atomic E-state index is 11.7. The minimum atomic E-state index is -3.21. The molecule has 29 heavy (non-hydrogen) atoms. The predicted molar refractivity (Wildman–Crippen MR) is 110 cm³/mol. The molecular formula is C20H26N4O4S. The van der Waals surface area contributed by atoms with Gasteiger partial charge in [0.15, 0.2) is 9.84 Å². The first kappa shape index (κ1) is 21.0. The molecule has 1 aromatic heterocycles. The third-order valence-electron chi connectivity index (χ3n) is 4.96. The van der Waals surface area contributed by atoms with Crippen molar-refractivity contribution in [2.45, 2.75) is 24.7 Å². The summed E-state index contributed by atoms with van der Waals surface area (Å²) in [6.45, 7) is 4.36. The first-order valence-corrected chi connectivity index (χ1v) is 11.5. The second kappa shape index (κ2) is 9.21. The lowest BCUT2D eigenvalue weighted by Crippen LogP contribution is -2.40. The number of carbonyl (C=O) groups excluding carboxylic acids is 1. The summed E-state index contributed by atoms with van der Waals surface area (Å²) in [5.74, 6) is 1.00. The fraction of sp³-hybridized carbons (Fsp3) is 0.450. The Labute approximate surface area is 171 Å².